The summed E-state index contributed by atoms with van der Waals surface area (Å²) >= 11 is 6.31. The van der Waals surface area contributed by atoms with Gasteiger partial charge in [-0.1, -0.05) is 24.6 Å². The Kier molecular flexibility index (Phi) is 4.39. The van der Waals surface area contributed by atoms with E-state index in [9.17, 15) is 4.79 Å². The minimum Gasteiger partial charge on any atom is -0.483 e. The van der Waals surface area contributed by atoms with E-state index in [-0.39, 0.29) is 11.9 Å². The summed E-state index contributed by atoms with van der Waals surface area (Å²) in [6.45, 7) is 4.48. The Balaban J connectivity index is 1.96. The third-order valence-corrected chi connectivity index (χ3v) is 3.87. The maximum atomic E-state index is 11.9. The summed E-state index contributed by atoms with van der Waals surface area (Å²) in [5.74, 6) is 0.0857. The first-order valence-corrected chi connectivity index (χ1v) is 7.88. The molecular formula is C17H17ClN2O3. The fourth-order valence-electron chi connectivity index (χ4n) is 2.46. The summed E-state index contributed by atoms with van der Waals surface area (Å²) in [4.78, 5) is 16.2. The molecular weight excluding hydrogens is 316 g/mol. The van der Waals surface area contributed by atoms with Crippen molar-refractivity contribution in [3.8, 4) is 5.75 Å². The predicted octanol–water partition coefficient (Wildman–Crippen LogP) is 4.19. The molecule has 0 amide bonds. The molecule has 1 aromatic carbocycles. The van der Waals surface area contributed by atoms with Gasteiger partial charge in [-0.15, -0.1) is 0 Å². The number of aromatic nitrogens is 2. The number of pyridine rings is 1. The van der Waals surface area contributed by atoms with Gasteiger partial charge in [0.05, 0.1) is 16.2 Å². The van der Waals surface area contributed by atoms with E-state index in [4.69, 9.17) is 20.8 Å². The number of oxazole rings is 1. The zero-order chi connectivity index (χ0) is 16.4. The second kappa shape index (κ2) is 6.46. The monoisotopic (exact) mass is 332 g/mol. The van der Waals surface area contributed by atoms with Crippen LogP contribution in [0, 0.1) is 0 Å². The third kappa shape index (κ3) is 3.10. The van der Waals surface area contributed by atoms with E-state index in [1.807, 2.05) is 32.0 Å². The molecule has 0 N–H and O–H groups in total. The number of ether oxygens (including phenoxy) is 1. The molecule has 0 aliphatic heterocycles. The van der Waals surface area contributed by atoms with Gasteiger partial charge in [0.25, 0.3) is 0 Å². The lowest BCUT2D eigenvalue weighted by Gasteiger charge is -2.15. The number of fused-ring (bicyclic) bond motifs is 1. The summed E-state index contributed by atoms with van der Waals surface area (Å²) in [6, 6.07) is 8.99. The lowest BCUT2D eigenvalue weighted by atomic mass is 10.2. The van der Waals surface area contributed by atoms with Crippen LogP contribution >= 0.6 is 11.6 Å². The fraction of sp³-hybridized carbons (Fsp3) is 0.294. The SMILES string of the molecule is CCCn1c(=O)oc2cc(O[C@H](C)c3ccccn3)c(Cl)cc21. The molecule has 2 heterocycles. The second-order valence-corrected chi connectivity index (χ2v) is 5.69. The quantitative estimate of drug-likeness (QED) is 0.703. The first-order valence-electron chi connectivity index (χ1n) is 7.50. The van der Waals surface area contributed by atoms with Gasteiger partial charge in [0.15, 0.2) is 5.58 Å². The molecule has 5 nitrogen and oxygen atoms in total. The smallest absolute Gasteiger partial charge is 0.419 e. The van der Waals surface area contributed by atoms with Gasteiger partial charge < -0.3 is 9.15 Å². The topological polar surface area (TPSA) is 57.3 Å². The Morgan fingerprint density at radius 2 is 2.22 bits per heavy atom. The van der Waals surface area contributed by atoms with E-state index in [1.54, 1.807) is 22.9 Å². The first kappa shape index (κ1) is 15.6. The van der Waals surface area contributed by atoms with Crippen molar-refractivity contribution in [1.82, 2.24) is 9.55 Å². The molecule has 1 atom stereocenters. The van der Waals surface area contributed by atoms with Crippen LogP contribution in [0.2, 0.25) is 5.02 Å². The number of aryl methyl sites for hydroxylation is 1. The molecule has 0 aliphatic carbocycles. The van der Waals surface area contributed by atoms with Gasteiger partial charge >= 0.3 is 5.76 Å². The Morgan fingerprint density at radius 1 is 1.39 bits per heavy atom. The van der Waals surface area contributed by atoms with E-state index in [0.29, 0.717) is 28.4 Å². The largest absolute Gasteiger partial charge is 0.483 e. The fourth-order valence-corrected chi connectivity index (χ4v) is 2.66. The lowest BCUT2D eigenvalue weighted by molar-refractivity contribution is 0.222. The van der Waals surface area contributed by atoms with E-state index < -0.39 is 0 Å². The molecule has 23 heavy (non-hydrogen) atoms. The lowest BCUT2D eigenvalue weighted by Crippen LogP contribution is -2.13. The van der Waals surface area contributed by atoms with Crippen LogP contribution in [0.5, 0.6) is 5.75 Å². The summed E-state index contributed by atoms with van der Waals surface area (Å²) in [6.07, 6.45) is 2.28. The second-order valence-electron chi connectivity index (χ2n) is 5.28. The number of nitrogens with zero attached hydrogens (tertiary/aromatic N) is 2. The van der Waals surface area contributed by atoms with Crippen LogP contribution in [-0.2, 0) is 6.54 Å². The van der Waals surface area contributed by atoms with Gasteiger partial charge in [-0.05, 0) is 31.5 Å². The van der Waals surface area contributed by atoms with Gasteiger partial charge in [-0.3, -0.25) is 9.55 Å². The van der Waals surface area contributed by atoms with Crippen molar-refractivity contribution < 1.29 is 9.15 Å². The molecule has 6 heteroatoms. The van der Waals surface area contributed by atoms with Crippen LogP contribution in [0.25, 0.3) is 11.1 Å². The van der Waals surface area contributed by atoms with E-state index in [2.05, 4.69) is 4.98 Å². The minimum absolute atomic E-state index is 0.268. The molecule has 120 valence electrons. The van der Waals surface area contributed by atoms with Gasteiger partial charge in [-0.25, -0.2) is 4.79 Å². The average molecular weight is 333 g/mol. The highest BCUT2D eigenvalue weighted by atomic mass is 35.5. The highest BCUT2D eigenvalue weighted by Crippen LogP contribution is 2.32. The van der Waals surface area contributed by atoms with E-state index >= 15 is 0 Å². The van der Waals surface area contributed by atoms with Crippen LogP contribution in [-0.4, -0.2) is 9.55 Å². The summed E-state index contributed by atoms with van der Waals surface area (Å²) in [7, 11) is 0. The average Bonchev–Trinajstić information content (AvgIpc) is 2.84. The highest BCUT2D eigenvalue weighted by molar-refractivity contribution is 6.32. The van der Waals surface area contributed by atoms with Crippen molar-refractivity contribution in [2.45, 2.75) is 32.9 Å². The van der Waals surface area contributed by atoms with Crippen LogP contribution in [0.3, 0.4) is 0 Å². The molecule has 0 radical (unpaired) electrons. The zero-order valence-electron chi connectivity index (χ0n) is 13.0. The van der Waals surface area contributed by atoms with Gasteiger partial charge in [0, 0.05) is 18.8 Å². The normalized spacial score (nSPS) is 12.5. The molecule has 3 aromatic rings. The molecule has 0 spiro atoms. The third-order valence-electron chi connectivity index (χ3n) is 3.58. The van der Waals surface area contributed by atoms with Crippen molar-refractivity contribution in [2.75, 3.05) is 0 Å². The van der Waals surface area contributed by atoms with Gasteiger partial charge in [-0.2, -0.15) is 0 Å². The number of benzene rings is 1. The maximum absolute atomic E-state index is 11.9. The van der Waals surface area contributed by atoms with Crippen LogP contribution in [0.4, 0.5) is 0 Å². The number of hydrogen-bond acceptors (Lipinski definition) is 4. The van der Waals surface area contributed by atoms with Crippen molar-refractivity contribution in [3.63, 3.8) is 0 Å². The molecule has 0 fully saturated rings. The van der Waals surface area contributed by atoms with Crippen molar-refractivity contribution in [3.05, 3.63) is 57.8 Å². The van der Waals surface area contributed by atoms with E-state index in [1.165, 1.54) is 0 Å². The molecule has 0 unspecified atom stereocenters. The Bertz CT molecular complexity index is 871. The summed E-state index contributed by atoms with van der Waals surface area (Å²) in [5.41, 5.74) is 1.95. The summed E-state index contributed by atoms with van der Waals surface area (Å²) < 4.78 is 12.7. The summed E-state index contributed by atoms with van der Waals surface area (Å²) in [5, 5.41) is 0.436. The van der Waals surface area contributed by atoms with Crippen LogP contribution in [0.15, 0.2) is 45.7 Å². The Morgan fingerprint density at radius 3 is 2.91 bits per heavy atom. The Hall–Kier alpha value is -2.27. The maximum Gasteiger partial charge on any atom is 0.419 e. The van der Waals surface area contributed by atoms with Gasteiger partial charge in [0.1, 0.15) is 11.9 Å². The molecule has 0 saturated carbocycles. The van der Waals surface area contributed by atoms with E-state index in [0.717, 1.165) is 12.1 Å². The van der Waals surface area contributed by atoms with Crippen LogP contribution in [0.1, 0.15) is 32.1 Å². The zero-order valence-corrected chi connectivity index (χ0v) is 13.7. The molecule has 0 bridgehead atoms. The molecule has 0 saturated heterocycles. The number of rotatable bonds is 5. The number of halogens is 1. The minimum atomic E-state index is -0.382. The number of hydrogen-bond donors (Lipinski definition) is 0. The van der Waals surface area contributed by atoms with Crippen LogP contribution < -0.4 is 10.5 Å². The standard InChI is InChI=1S/C17H17ClN2O3/c1-3-8-20-14-9-12(18)15(10-16(14)23-17(20)21)22-11(2)13-6-4-5-7-19-13/h4-7,9-11H,3,8H2,1-2H3/t11-/m1/s1. The first-order chi connectivity index (χ1) is 11.1. The Labute approximate surface area is 138 Å². The predicted molar refractivity (Wildman–Crippen MR) is 89.1 cm³/mol. The van der Waals surface area contributed by atoms with Crippen molar-refractivity contribution in [1.29, 1.82) is 0 Å². The van der Waals surface area contributed by atoms with Crippen molar-refractivity contribution >= 4 is 22.7 Å². The highest BCUT2D eigenvalue weighted by Gasteiger charge is 2.16. The molecule has 0 aliphatic rings. The van der Waals surface area contributed by atoms with Gasteiger partial charge in [0.2, 0.25) is 0 Å². The molecule has 3 rings (SSSR count). The molecule has 2 aromatic heterocycles. The van der Waals surface area contributed by atoms with Crippen molar-refractivity contribution in [2.24, 2.45) is 0 Å².